The lowest BCUT2D eigenvalue weighted by atomic mass is 10.1. The number of nitrogens with one attached hydrogen (secondary N) is 2. The van der Waals surface area contributed by atoms with Gasteiger partial charge in [-0.25, -0.2) is 4.68 Å². The predicted molar refractivity (Wildman–Crippen MR) is 86.0 cm³/mol. The number of nitrogens with zero attached hydrogens (tertiary/aromatic N) is 6. The highest BCUT2D eigenvalue weighted by Crippen LogP contribution is 2.18. The van der Waals surface area contributed by atoms with Crippen molar-refractivity contribution in [3.63, 3.8) is 0 Å². The third kappa shape index (κ3) is 3.62. The van der Waals surface area contributed by atoms with Gasteiger partial charge in [0.15, 0.2) is 6.04 Å². The van der Waals surface area contributed by atoms with Crippen LogP contribution >= 0.6 is 0 Å². The lowest BCUT2D eigenvalue weighted by Crippen LogP contribution is -2.28. The molecule has 0 aliphatic rings. The van der Waals surface area contributed by atoms with Crippen molar-refractivity contribution in [2.45, 2.75) is 26.3 Å². The number of rotatable bonds is 6. The maximum Gasteiger partial charge on any atom is 0.256 e. The summed E-state index contributed by atoms with van der Waals surface area (Å²) in [6, 6.07) is 8.57. The molecule has 1 atom stereocenters. The Kier molecular flexibility index (Phi) is 4.59. The first-order chi connectivity index (χ1) is 11.6. The molecule has 3 rings (SSSR count). The summed E-state index contributed by atoms with van der Waals surface area (Å²) in [5.74, 6) is 1.10. The van der Waals surface area contributed by atoms with Gasteiger partial charge in [0.05, 0.1) is 0 Å². The molecule has 0 saturated carbocycles. The van der Waals surface area contributed by atoms with E-state index in [1.54, 1.807) is 0 Å². The number of aromatic nitrogens is 7. The van der Waals surface area contributed by atoms with Crippen molar-refractivity contribution in [2.24, 2.45) is 5.92 Å². The average molecular weight is 326 g/mol. The normalized spacial score (nSPS) is 12.3. The number of hydrogen-bond acceptors (Lipinski definition) is 6. The minimum atomic E-state index is -0.701. The summed E-state index contributed by atoms with van der Waals surface area (Å²) >= 11 is 0. The third-order valence-corrected chi connectivity index (χ3v) is 3.36. The van der Waals surface area contributed by atoms with Crippen LogP contribution in [0.1, 0.15) is 31.3 Å². The van der Waals surface area contributed by atoms with Gasteiger partial charge in [0.25, 0.3) is 5.91 Å². The maximum absolute atomic E-state index is 12.7. The highest BCUT2D eigenvalue weighted by molar-refractivity contribution is 5.94. The van der Waals surface area contributed by atoms with Gasteiger partial charge in [-0.1, -0.05) is 44.2 Å². The monoisotopic (exact) mass is 326 g/mol. The number of hydrogen-bond donors (Lipinski definition) is 2. The van der Waals surface area contributed by atoms with E-state index in [-0.39, 0.29) is 11.9 Å². The maximum atomic E-state index is 12.7. The fourth-order valence-corrected chi connectivity index (χ4v) is 2.35. The number of tetrazole rings is 1. The minimum absolute atomic E-state index is 0.240. The van der Waals surface area contributed by atoms with Crippen molar-refractivity contribution >= 4 is 11.9 Å². The molecule has 0 saturated heterocycles. The van der Waals surface area contributed by atoms with Gasteiger partial charge in [-0.2, -0.15) is 4.98 Å². The molecule has 0 bridgehead atoms. The van der Waals surface area contributed by atoms with E-state index in [0.29, 0.717) is 5.92 Å². The molecule has 124 valence electrons. The van der Waals surface area contributed by atoms with Crippen molar-refractivity contribution < 1.29 is 4.79 Å². The lowest BCUT2D eigenvalue weighted by Gasteiger charge is -2.15. The summed E-state index contributed by atoms with van der Waals surface area (Å²) in [6.45, 7) is 4.17. The number of anilines is 1. The number of aromatic amines is 1. The van der Waals surface area contributed by atoms with E-state index in [9.17, 15) is 4.79 Å². The van der Waals surface area contributed by atoms with Crippen LogP contribution in [0.4, 0.5) is 5.95 Å². The standard InChI is InChI=1S/C15H18N8O/c1-10(2)8-12-17-15(20-19-12)18-14(24)13(23-9-16-21-22-23)11-6-4-3-5-7-11/h3-7,9-10,13H,8H2,1-2H3,(H2,17,18,19,20,24)/t13-/m0/s1. The molecule has 0 radical (unpaired) electrons. The summed E-state index contributed by atoms with van der Waals surface area (Å²) in [5, 5.41) is 20.7. The number of H-pyrrole nitrogens is 1. The van der Waals surface area contributed by atoms with Crippen molar-refractivity contribution in [1.82, 2.24) is 35.4 Å². The van der Waals surface area contributed by atoms with Gasteiger partial charge in [0.2, 0.25) is 5.95 Å². The zero-order chi connectivity index (χ0) is 16.9. The Balaban J connectivity index is 1.81. The highest BCUT2D eigenvalue weighted by Gasteiger charge is 2.25. The summed E-state index contributed by atoms with van der Waals surface area (Å²) in [4.78, 5) is 17.0. The molecule has 0 aliphatic carbocycles. The van der Waals surface area contributed by atoms with Crippen molar-refractivity contribution in [3.05, 3.63) is 48.0 Å². The molecule has 2 heterocycles. The first kappa shape index (κ1) is 15.8. The number of benzene rings is 1. The molecule has 24 heavy (non-hydrogen) atoms. The number of carbonyl (C=O) groups excluding carboxylic acids is 1. The van der Waals surface area contributed by atoms with Crippen molar-refractivity contribution in [3.8, 4) is 0 Å². The van der Waals surface area contributed by atoms with Crippen LogP contribution in [0, 0.1) is 5.92 Å². The Morgan fingerprint density at radius 1 is 1.29 bits per heavy atom. The molecule has 1 amide bonds. The van der Waals surface area contributed by atoms with Gasteiger partial charge in [-0.05, 0) is 21.9 Å². The fourth-order valence-electron chi connectivity index (χ4n) is 2.35. The quantitative estimate of drug-likeness (QED) is 0.704. The van der Waals surface area contributed by atoms with E-state index < -0.39 is 6.04 Å². The molecule has 0 spiro atoms. The second-order valence-corrected chi connectivity index (χ2v) is 5.80. The molecule has 9 nitrogen and oxygen atoms in total. The molecule has 1 aromatic carbocycles. The lowest BCUT2D eigenvalue weighted by molar-refractivity contribution is -0.118. The van der Waals surface area contributed by atoms with E-state index in [0.717, 1.165) is 17.8 Å². The van der Waals surface area contributed by atoms with Gasteiger partial charge in [-0.3, -0.25) is 15.2 Å². The molecular weight excluding hydrogens is 308 g/mol. The largest absolute Gasteiger partial charge is 0.291 e. The zero-order valence-corrected chi connectivity index (χ0v) is 13.4. The van der Waals surface area contributed by atoms with E-state index in [2.05, 4.69) is 49.9 Å². The molecule has 2 aromatic heterocycles. The first-order valence-corrected chi connectivity index (χ1v) is 7.63. The molecule has 0 fully saturated rings. The van der Waals surface area contributed by atoms with E-state index >= 15 is 0 Å². The molecular formula is C15H18N8O. The molecule has 3 aromatic rings. The van der Waals surface area contributed by atoms with Crippen molar-refractivity contribution in [2.75, 3.05) is 5.32 Å². The topological polar surface area (TPSA) is 114 Å². The predicted octanol–water partition coefficient (Wildman–Crippen LogP) is 1.22. The first-order valence-electron chi connectivity index (χ1n) is 7.63. The van der Waals surface area contributed by atoms with Crippen LogP contribution < -0.4 is 5.32 Å². The van der Waals surface area contributed by atoms with Crippen LogP contribution in [0.5, 0.6) is 0 Å². The number of carbonyl (C=O) groups is 1. The Bertz CT molecular complexity index is 781. The van der Waals surface area contributed by atoms with Gasteiger partial charge >= 0.3 is 0 Å². The van der Waals surface area contributed by atoms with Crippen LogP contribution in [0.25, 0.3) is 0 Å². The summed E-state index contributed by atoms with van der Waals surface area (Å²) in [6.07, 6.45) is 2.16. The van der Waals surface area contributed by atoms with E-state index in [4.69, 9.17) is 0 Å². The molecule has 9 heteroatoms. The summed E-state index contributed by atoms with van der Waals surface area (Å²) < 4.78 is 1.40. The van der Waals surface area contributed by atoms with Gasteiger partial charge < -0.3 is 0 Å². The smallest absolute Gasteiger partial charge is 0.256 e. The average Bonchev–Trinajstić information content (AvgIpc) is 3.21. The minimum Gasteiger partial charge on any atom is -0.291 e. The SMILES string of the molecule is CC(C)Cc1nc(NC(=O)[C@H](c2ccccc2)n2cnnn2)n[nH]1. The van der Waals surface area contributed by atoms with E-state index in [1.807, 2.05) is 30.3 Å². The fraction of sp³-hybridized carbons (Fsp3) is 0.333. The van der Waals surface area contributed by atoms with Crippen molar-refractivity contribution in [1.29, 1.82) is 0 Å². The number of amides is 1. The molecule has 2 N–H and O–H groups in total. The van der Waals surface area contributed by atoms with Crippen LogP contribution in [0.3, 0.4) is 0 Å². The van der Waals surface area contributed by atoms with Crippen LogP contribution in [0.2, 0.25) is 0 Å². The third-order valence-electron chi connectivity index (χ3n) is 3.36. The molecule has 0 aliphatic heterocycles. The van der Waals surface area contributed by atoms with Gasteiger partial charge in [0, 0.05) is 6.42 Å². The van der Waals surface area contributed by atoms with Crippen LogP contribution in [0.15, 0.2) is 36.7 Å². The van der Waals surface area contributed by atoms with E-state index in [1.165, 1.54) is 11.0 Å². The highest BCUT2D eigenvalue weighted by atomic mass is 16.2. The van der Waals surface area contributed by atoms with Crippen LogP contribution in [-0.4, -0.2) is 41.3 Å². The summed E-state index contributed by atoms with van der Waals surface area (Å²) in [7, 11) is 0. The Hall–Kier alpha value is -3.10. The molecule has 0 unspecified atom stereocenters. The summed E-state index contributed by atoms with van der Waals surface area (Å²) in [5.41, 5.74) is 0.764. The second-order valence-electron chi connectivity index (χ2n) is 5.80. The zero-order valence-electron chi connectivity index (χ0n) is 13.4. The Labute approximate surface area is 138 Å². The van der Waals surface area contributed by atoms with Gasteiger partial charge in [-0.15, -0.1) is 10.2 Å². The van der Waals surface area contributed by atoms with Crippen LogP contribution in [-0.2, 0) is 11.2 Å². The second kappa shape index (κ2) is 6.99. The van der Waals surface area contributed by atoms with Gasteiger partial charge in [0.1, 0.15) is 12.2 Å². The Morgan fingerprint density at radius 2 is 2.08 bits per heavy atom. The Morgan fingerprint density at radius 3 is 2.75 bits per heavy atom.